The lowest BCUT2D eigenvalue weighted by Crippen LogP contribution is -2.16. The van der Waals surface area contributed by atoms with Crippen LogP contribution in [-0.4, -0.2) is 25.4 Å². The Kier molecular flexibility index (Phi) is 5.75. The van der Waals surface area contributed by atoms with Crippen LogP contribution < -0.4 is 10.1 Å². The van der Waals surface area contributed by atoms with E-state index in [1.807, 2.05) is 39.1 Å². The molecule has 0 fully saturated rings. The highest BCUT2D eigenvalue weighted by molar-refractivity contribution is 6.30. The highest BCUT2D eigenvalue weighted by atomic mass is 35.5. The number of benzene rings is 1. The largest absolute Gasteiger partial charge is 0.493 e. The van der Waals surface area contributed by atoms with E-state index in [9.17, 15) is 0 Å². The molecule has 0 aliphatic carbocycles. The molecule has 2 atom stereocenters. The normalized spacial score (nSPS) is 14.4. The van der Waals surface area contributed by atoms with Gasteiger partial charge in [-0.25, -0.2) is 0 Å². The van der Waals surface area contributed by atoms with Gasteiger partial charge in [-0.15, -0.1) is 0 Å². The van der Waals surface area contributed by atoms with Crippen molar-refractivity contribution < 1.29 is 9.84 Å². The van der Waals surface area contributed by atoms with Gasteiger partial charge in [-0.1, -0.05) is 18.5 Å². The van der Waals surface area contributed by atoms with E-state index >= 15 is 0 Å². The smallest absolute Gasteiger partial charge is 0.124 e. The highest BCUT2D eigenvalue weighted by Crippen LogP contribution is 2.28. The van der Waals surface area contributed by atoms with Crippen LogP contribution in [0.5, 0.6) is 5.75 Å². The van der Waals surface area contributed by atoms with Gasteiger partial charge in [0.15, 0.2) is 0 Å². The fourth-order valence-electron chi connectivity index (χ4n) is 1.43. The average Bonchev–Trinajstić information content (AvgIpc) is 2.35. The molecule has 4 heteroatoms. The molecule has 0 aliphatic rings. The minimum Gasteiger partial charge on any atom is -0.493 e. The third kappa shape index (κ3) is 4.19. The topological polar surface area (TPSA) is 41.5 Å². The molecule has 2 unspecified atom stereocenters. The van der Waals surface area contributed by atoms with Gasteiger partial charge in [0.1, 0.15) is 5.75 Å². The monoisotopic (exact) mass is 257 g/mol. The zero-order chi connectivity index (χ0) is 12.8. The second-order valence-corrected chi connectivity index (χ2v) is 4.73. The molecule has 0 heterocycles. The van der Waals surface area contributed by atoms with Crippen LogP contribution in [0.4, 0.5) is 0 Å². The van der Waals surface area contributed by atoms with Gasteiger partial charge in [-0.3, -0.25) is 0 Å². The fraction of sp³-hybridized carbons (Fsp3) is 0.538. The van der Waals surface area contributed by atoms with Crippen molar-refractivity contribution in [3.05, 3.63) is 28.8 Å². The first kappa shape index (κ1) is 14.3. The lowest BCUT2D eigenvalue weighted by Gasteiger charge is -2.18. The molecular weight excluding hydrogens is 238 g/mol. The van der Waals surface area contributed by atoms with Crippen molar-refractivity contribution >= 4 is 11.6 Å². The Bertz CT molecular complexity index is 357. The average molecular weight is 258 g/mol. The van der Waals surface area contributed by atoms with Crippen LogP contribution in [0, 0.1) is 5.92 Å². The predicted octanol–water partition coefficient (Wildman–Crippen LogP) is 2.63. The summed E-state index contributed by atoms with van der Waals surface area (Å²) < 4.78 is 5.71. The van der Waals surface area contributed by atoms with E-state index in [1.165, 1.54) is 0 Å². The first-order valence-corrected chi connectivity index (χ1v) is 6.16. The van der Waals surface area contributed by atoms with Crippen LogP contribution in [-0.2, 0) is 0 Å². The molecular formula is C13H20ClNO2. The molecule has 0 aromatic heterocycles. The Hall–Kier alpha value is -0.770. The van der Waals surface area contributed by atoms with Crippen LogP contribution in [0.15, 0.2) is 18.2 Å². The summed E-state index contributed by atoms with van der Waals surface area (Å²) in [6.45, 7) is 4.62. The third-order valence-electron chi connectivity index (χ3n) is 2.71. The Labute approximate surface area is 108 Å². The first-order valence-electron chi connectivity index (χ1n) is 5.78. The number of aliphatic hydroxyl groups excluding tert-OH is 1. The Balaban J connectivity index is 2.83. The van der Waals surface area contributed by atoms with Crippen molar-refractivity contribution in [1.29, 1.82) is 0 Å². The molecule has 0 saturated heterocycles. The Morgan fingerprint density at radius 3 is 2.71 bits per heavy atom. The number of hydrogen-bond donors (Lipinski definition) is 2. The maximum atomic E-state index is 8.97. The zero-order valence-corrected chi connectivity index (χ0v) is 11.3. The van der Waals surface area contributed by atoms with Gasteiger partial charge in [0.2, 0.25) is 0 Å². The molecule has 17 heavy (non-hydrogen) atoms. The second-order valence-electron chi connectivity index (χ2n) is 4.29. The van der Waals surface area contributed by atoms with Crippen LogP contribution in [0.25, 0.3) is 0 Å². The van der Waals surface area contributed by atoms with E-state index in [4.69, 9.17) is 21.4 Å². The lowest BCUT2D eigenvalue weighted by molar-refractivity contribution is 0.173. The number of rotatable bonds is 6. The minimum absolute atomic E-state index is 0.128. The highest BCUT2D eigenvalue weighted by Gasteiger charge is 2.11. The van der Waals surface area contributed by atoms with Crippen molar-refractivity contribution in [2.45, 2.75) is 19.9 Å². The van der Waals surface area contributed by atoms with Crippen LogP contribution in [0.2, 0.25) is 5.02 Å². The van der Waals surface area contributed by atoms with Crippen molar-refractivity contribution in [3.63, 3.8) is 0 Å². The van der Waals surface area contributed by atoms with Gasteiger partial charge < -0.3 is 15.2 Å². The Morgan fingerprint density at radius 1 is 1.41 bits per heavy atom. The standard InChI is InChI=1S/C13H20ClNO2/c1-9(7-16)8-17-13-5-4-11(14)6-12(13)10(2)15-3/h4-6,9-10,15-16H,7-8H2,1-3H3. The molecule has 0 radical (unpaired) electrons. The maximum absolute atomic E-state index is 8.97. The summed E-state index contributed by atoms with van der Waals surface area (Å²) in [6.07, 6.45) is 0. The predicted molar refractivity (Wildman–Crippen MR) is 70.7 cm³/mol. The lowest BCUT2D eigenvalue weighted by atomic mass is 10.1. The van der Waals surface area contributed by atoms with Crippen molar-refractivity contribution in [3.8, 4) is 5.75 Å². The fourth-order valence-corrected chi connectivity index (χ4v) is 1.61. The maximum Gasteiger partial charge on any atom is 0.124 e. The van der Waals surface area contributed by atoms with Gasteiger partial charge >= 0.3 is 0 Å². The van der Waals surface area contributed by atoms with Crippen molar-refractivity contribution in [2.24, 2.45) is 5.92 Å². The van der Waals surface area contributed by atoms with Crippen molar-refractivity contribution in [1.82, 2.24) is 5.32 Å². The molecule has 0 aliphatic heterocycles. The van der Waals surface area contributed by atoms with Crippen LogP contribution >= 0.6 is 11.6 Å². The number of nitrogens with one attached hydrogen (secondary N) is 1. The zero-order valence-electron chi connectivity index (χ0n) is 10.5. The van der Waals surface area contributed by atoms with E-state index in [0.717, 1.165) is 11.3 Å². The van der Waals surface area contributed by atoms with Crippen molar-refractivity contribution in [2.75, 3.05) is 20.3 Å². The summed E-state index contributed by atoms with van der Waals surface area (Å²) in [5.74, 6) is 0.944. The van der Waals surface area contributed by atoms with Gasteiger partial charge in [-0.05, 0) is 32.2 Å². The van der Waals surface area contributed by atoms with Gasteiger partial charge in [0, 0.05) is 29.2 Å². The summed E-state index contributed by atoms with van der Waals surface area (Å²) >= 11 is 5.98. The summed E-state index contributed by atoms with van der Waals surface area (Å²) in [4.78, 5) is 0. The molecule has 1 rings (SSSR count). The minimum atomic E-state index is 0.128. The summed E-state index contributed by atoms with van der Waals surface area (Å²) in [6, 6.07) is 5.76. The third-order valence-corrected chi connectivity index (χ3v) is 2.94. The first-order chi connectivity index (χ1) is 8.08. The van der Waals surface area contributed by atoms with E-state index in [-0.39, 0.29) is 18.6 Å². The summed E-state index contributed by atoms with van der Waals surface area (Å²) in [5, 5.41) is 12.8. The quantitative estimate of drug-likeness (QED) is 0.823. The van der Waals surface area contributed by atoms with Crippen LogP contribution in [0.3, 0.4) is 0 Å². The van der Waals surface area contributed by atoms with E-state index in [1.54, 1.807) is 0 Å². The molecule has 96 valence electrons. The number of halogens is 1. The van der Waals surface area contributed by atoms with Gasteiger partial charge in [-0.2, -0.15) is 0 Å². The molecule has 3 nitrogen and oxygen atoms in total. The summed E-state index contributed by atoms with van der Waals surface area (Å²) in [5.41, 5.74) is 1.03. The van der Waals surface area contributed by atoms with Crippen LogP contribution in [0.1, 0.15) is 25.5 Å². The molecule has 0 bridgehead atoms. The second kappa shape index (κ2) is 6.84. The molecule has 2 N–H and O–H groups in total. The van der Waals surface area contributed by atoms with E-state index in [0.29, 0.717) is 11.6 Å². The number of hydrogen-bond acceptors (Lipinski definition) is 3. The molecule has 0 amide bonds. The van der Waals surface area contributed by atoms with E-state index in [2.05, 4.69) is 5.32 Å². The van der Waals surface area contributed by atoms with Gasteiger partial charge in [0.25, 0.3) is 0 Å². The molecule has 0 spiro atoms. The number of ether oxygens (including phenoxy) is 1. The summed E-state index contributed by atoms with van der Waals surface area (Å²) in [7, 11) is 1.89. The SMILES string of the molecule is CNC(C)c1cc(Cl)ccc1OCC(C)CO. The van der Waals surface area contributed by atoms with E-state index < -0.39 is 0 Å². The molecule has 0 saturated carbocycles. The molecule has 1 aromatic rings. The van der Waals surface area contributed by atoms with Gasteiger partial charge in [0.05, 0.1) is 6.61 Å². The Morgan fingerprint density at radius 2 is 2.12 bits per heavy atom. The molecule has 1 aromatic carbocycles. The number of aliphatic hydroxyl groups is 1.